The summed E-state index contributed by atoms with van der Waals surface area (Å²) in [7, 11) is 0. The molecule has 0 radical (unpaired) electrons. The lowest BCUT2D eigenvalue weighted by Gasteiger charge is -2.40. The van der Waals surface area contributed by atoms with Gasteiger partial charge in [-0.2, -0.15) is 0 Å². The number of hydrogen-bond donors (Lipinski definition) is 0. The Morgan fingerprint density at radius 2 is 2.10 bits per heavy atom. The van der Waals surface area contributed by atoms with Crippen molar-refractivity contribution in [3.8, 4) is 0 Å². The lowest BCUT2D eigenvalue weighted by atomic mass is 10.2. The van der Waals surface area contributed by atoms with E-state index in [9.17, 15) is 4.79 Å². The van der Waals surface area contributed by atoms with Gasteiger partial charge < -0.3 is 9.80 Å². The molecule has 1 aliphatic heterocycles. The van der Waals surface area contributed by atoms with E-state index in [2.05, 4.69) is 22.0 Å². The minimum atomic E-state index is 0.0574. The van der Waals surface area contributed by atoms with Crippen molar-refractivity contribution in [3.05, 3.63) is 51.4 Å². The van der Waals surface area contributed by atoms with Gasteiger partial charge in [0.15, 0.2) is 5.65 Å². The zero-order chi connectivity index (χ0) is 20.1. The van der Waals surface area contributed by atoms with Gasteiger partial charge in [-0.25, -0.2) is 9.38 Å². The summed E-state index contributed by atoms with van der Waals surface area (Å²) in [5, 5.41) is 12.1. The molecule has 0 bridgehead atoms. The lowest BCUT2D eigenvalue weighted by Crippen LogP contribution is -2.54. The summed E-state index contributed by atoms with van der Waals surface area (Å²) in [4.78, 5) is 22.6. The topological polar surface area (TPSA) is 66.6 Å². The highest BCUT2D eigenvalue weighted by atomic mass is 35.5. The van der Waals surface area contributed by atoms with Crippen LogP contribution < -0.4 is 4.90 Å². The third-order valence-corrected chi connectivity index (χ3v) is 6.44. The summed E-state index contributed by atoms with van der Waals surface area (Å²) in [5.74, 6) is 1.66. The molecule has 0 N–H and O–H groups in total. The molecule has 7 nitrogen and oxygen atoms in total. The quantitative estimate of drug-likeness (QED) is 0.489. The van der Waals surface area contributed by atoms with Crippen LogP contribution >= 0.6 is 22.9 Å². The Balaban J connectivity index is 1.52. The van der Waals surface area contributed by atoms with Gasteiger partial charge in [0.25, 0.3) is 5.91 Å². The second-order valence-corrected chi connectivity index (χ2v) is 8.63. The monoisotopic (exact) mass is 426 g/mol. The van der Waals surface area contributed by atoms with Gasteiger partial charge in [0, 0.05) is 36.1 Å². The SMILES string of the molecule is Cc1nnc2c3ccc(Cl)cc3nc(N3CCN(C(=O)c4cccs4)[C@@H](C)C3)n12. The van der Waals surface area contributed by atoms with Crippen LogP contribution in [0.5, 0.6) is 0 Å². The van der Waals surface area contributed by atoms with Crippen LogP contribution in [0.15, 0.2) is 35.7 Å². The number of fused-ring (bicyclic) bond motifs is 3. The minimum absolute atomic E-state index is 0.0574. The van der Waals surface area contributed by atoms with Crippen molar-refractivity contribution in [3.63, 3.8) is 0 Å². The predicted octanol–water partition coefficient (Wildman–Crippen LogP) is 3.65. The molecule has 1 saturated heterocycles. The van der Waals surface area contributed by atoms with Crippen LogP contribution in [0.1, 0.15) is 22.4 Å². The number of aryl methyl sites for hydroxylation is 1. The van der Waals surface area contributed by atoms with Gasteiger partial charge in [-0.15, -0.1) is 21.5 Å². The zero-order valence-corrected chi connectivity index (χ0v) is 17.6. The molecular weight excluding hydrogens is 408 g/mol. The van der Waals surface area contributed by atoms with Crippen LogP contribution in [0.4, 0.5) is 5.95 Å². The molecule has 5 rings (SSSR count). The van der Waals surface area contributed by atoms with E-state index in [1.54, 1.807) is 0 Å². The number of aromatic nitrogens is 4. The Hall–Kier alpha value is -2.71. The summed E-state index contributed by atoms with van der Waals surface area (Å²) in [6.07, 6.45) is 0. The number of rotatable bonds is 2. The summed E-state index contributed by atoms with van der Waals surface area (Å²) in [6.45, 7) is 6.00. The molecule has 3 aromatic heterocycles. The molecule has 0 saturated carbocycles. The van der Waals surface area contributed by atoms with Gasteiger partial charge in [0.2, 0.25) is 5.95 Å². The summed E-state index contributed by atoms with van der Waals surface area (Å²) in [6, 6.07) is 9.47. The molecule has 1 aromatic carbocycles. The summed E-state index contributed by atoms with van der Waals surface area (Å²) in [5.41, 5.74) is 1.56. The zero-order valence-electron chi connectivity index (χ0n) is 16.0. The van der Waals surface area contributed by atoms with Crippen LogP contribution in [-0.4, -0.2) is 56.1 Å². The molecule has 1 amide bonds. The molecule has 4 heterocycles. The first-order valence-electron chi connectivity index (χ1n) is 9.43. The summed E-state index contributed by atoms with van der Waals surface area (Å²) >= 11 is 7.68. The van der Waals surface area contributed by atoms with E-state index in [0.717, 1.165) is 33.2 Å². The van der Waals surface area contributed by atoms with Crippen molar-refractivity contribution in [2.75, 3.05) is 24.5 Å². The molecule has 1 fully saturated rings. The number of hydrogen-bond acceptors (Lipinski definition) is 6. The fraction of sp³-hybridized carbons (Fsp3) is 0.300. The fourth-order valence-electron chi connectivity index (χ4n) is 3.92. The van der Waals surface area contributed by atoms with Crippen LogP contribution in [0.3, 0.4) is 0 Å². The number of piperazine rings is 1. The van der Waals surface area contributed by atoms with Gasteiger partial charge in [-0.1, -0.05) is 17.7 Å². The Morgan fingerprint density at radius 3 is 2.86 bits per heavy atom. The maximum absolute atomic E-state index is 12.8. The number of thiophene rings is 1. The van der Waals surface area contributed by atoms with Gasteiger partial charge >= 0.3 is 0 Å². The second-order valence-electron chi connectivity index (χ2n) is 7.25. The van der Waals surface area contributed by atoms with Crippen molar-refractivity contribution in [2.45, 2.75) is 19.9 Å². The van der Waals surface area contributed by atoms with Gasteiger partial charge in [0.05, 0.1) is 10.4 Å². The van der Waals surface area contributed by atoms with Crippen molar-refractivity contribution >= 4 is 51.3 Å². The van der Waals surface area contributed by atoms with Gasteiger partial charge in [-0.05, 0) is 43.5 Å². The number of benzene rings is 1. The average molecular weight is 427 g/mol. The Bertz CT molecular complexity index is 1220. The maximum atomic E-state index is 12.8. The van der Waals surface area contributed by atoms with E-state index in [0.29, 0.717) is 24.7 Å². The highest BCUT2D eigenvalue weighted by molar-refractivity contribution is 7.12. The molecule has 0 spiro atoms. The first-order chi connectivity index (χ1) is 14.0. The van der Waals surface area contributed by atoms with Crippen LogP contribution in [-0.2, 0) is 0 Å². The van der Waals surface area contributed by atoms with E-state index in [-0.39, 0.29) is 11.9 Å². The Morgan fingerprint density at radius 1 is 1.24 bits per heavy atom. The average Bonchev–Trinajstić information content (AvgIpc) is 3.37. The number of carbonyl (C=O) groups is 1. The second kappa shape index (κ2) is 6.96. The van der Waals surface area contributed by atoms with Crippen LogP contribution in [0.25, 0.3) is 16.6 Å². The van der Waals surface area contributed by atoms with Crippen molar-refractivity contribution < 1.29 is 4.79 Å². The molecule has 1 aliphatic rings. The highest BCUT2D eigenvalue weighted by Gasteiger charge is 2.30. The molecule has 1 atom stereocenters. The molecular formula is C20H19ClN6OS. The largest absolute Gasteiger partial charge is 0.338 e. The molecule has 9 heteroatoms. The van der Waals surface area contributed by atoms with Crippen molar-refractivity contribution in [1.82, 2.24) is 24.5 Å². The summed E-state index contributed by atoms with van der Waals surface area (Å²) < 4.78 is 1.99. The first kappa shape index (κ1) is 18.3. The standard InChI is InChI=1S/C20H19ClN6OS/c1-12-11-25(7-8-26(12)19(28)17-4-3-9-29-17)20-22-16-10-14(21)5-6-15(16)18-24-23-13(2)27(18)20/h3-6,9-10,12H,7-8,11H2,1-2H3/t12-/m0/s1. The van der Waals surface area contributed by atoms with Gasteiger partial charge in [0.1, 0.15) is 5.82 Å². The van der Waals surface area contributed by atoms with Crippen molar-refractivity contribution in [2.24, 2.45) is 0 Å². The third kappa shape index (κ3) is 3.03. The number of anilines is 1. The van der Waals surface area contributed by atoms with E-state index in [1.165, 1.54) is 11.3 Å². The minimum Gasteiger partial charge on any atom is -0.338 e. The fourth-order valence-corrected chi connectivity index (χ4v) is 4.76. The van der Waals surface area contributed by atoms with Gasteiger partial charge in [-0.3, -0.25) is 4.79 Å². The molecule has 0 unspecified atom stereocenters. The maximum Gasteiger partial charge on any atom is 0.264 e. The number of nitrogens with zero attached hydrogens (tertiary/aromatic N) is 6. The van der Waals surface area contributed by atoms with E-state index >= 15 is 0 Å². The molecule has 29 heavy (non-hydrogen) atoms. The molecule has 148 valence electrons. The Labute approximate surface area is 176 Å². The number of amides is 1. The van der Waals surface area contributed by atoms with Crippen LogP contribution in [0, 0.1) is 6.92 Å². The lowest BCUT2D eigenvalue weighted by molar-refractivity contribution is 0.0678. The number of halogens is 1. The molecule has 0 aliphatic carbocycles. The van der Waals surface area contributed by atoms with E-state index < -0.39 is 0 Å². The Kier molecular flexibility index (Phi) is 4.40. The van der Waals surface area contributed by atoms with E-state index in [1.807, 2.05) is 51.9 Å². The number of carbonyl (C=O) groups excluding carboxylic acids is 1. The first-order valence-corrected chi connectivity index (χ1v) is 10.7. The normalized spacial score (nSPS) is 17.4. The molecule has 4 aromatic rings. The van der Waals surface area contributed by atoms with E-state index in [4.69, 9.17) is 16.6 Å². The highest BCUT2D eigenvalue weighted by Crippen LogP contribution is 2.28. The smallest absolute Gasteiger partial charge is 0.264 e. The third-order valence-electron chi connectivity index (χ3n) is 5.35. The predicted molar refractivity (Wildman–Crippen MR) is 115 cm³/mol. The van der Waals surface area contributed by atoms with Crippen molar-refractivity contribution in [1.29, 1.82) is 0 Å². The van der Waals surface area contributed by atoms with Crippen LogP contribution in [0.2, 0.25) is 5.02 Å².